The summed E-state index contributed by atoms with van der Waals surface area (Å²) in [4.78, 5) is -0.207. The zero-order chi connectivity index (χ0) is 14.0. The number of halogens is 1. The van der Waals surface area contributed by atoms with Crippen LogP contribution < -0.4 is 10.5 Å². The SMILES string of the molecule is NC(=S)c1c(F)cccc1NS(=O)(=O)c1cccs1. The molecule has 0 amide bonds. The van der Waals surface area contributed by atoms with Crippen LogP contribution in [0.3, 0.4) is 0 Å². The van der Waals surface area contributed by atoms with Gasteiger partial charge >= 0.3 is 0 Å². The van der Waals surface area contributed by atoms with Crippen LogP contribution >= 0.6 is 23.6 Å². The Morgan fingerprint density at radius 2 is 2.05 bits per heavy atom. The van der Waals surface area contributed by atoms with Gasteiger partial charge in [-0.1, -0.05) is 24.4 Å². The second-order valence-corrected chi connectivity index (χ2v) is 6.86. The maximum absolute atomic E-state index is 13.6. The normalized spacial score (nSPS) is 11.2. The molecule has 0 fully saturated rings. The highest BCUT2D eigenvalue weighted by molar-refractivity contribution is 7.94. The first-order valence-electron chi connectivity index (χ1n) is 5.06. The van der Waals surface area contributed by atoms with Crippen molar-refractivity contribution >= 4 is 44.3 Å². The molecule has 19 heavy (non-hydrogen) atoms. The minimum atomic E-state index is -3.76. The molecule has 0 saturated carbocycles. The lowest BCUT2D eigenvalue weighted by Crippen LogP contribution is -2.18. The van der Waals surface area contributed by atoms with Gasteiger partial charge in [0.25, 0.3) is 10.0 Å². The molecule has 4 nitrogen and oxygen atoms in total. The molecule has 0 aliphatic rings. The molecule has 0 aliphatic heterocycles. The van der Waals surface area contributed by atoms with Crippen molar-refractivity contribution in [2.75, 3.05) is 4.72 Å². The Balaban J connectivity index is 2.45. The van der Waals surface area contributed by atoms with Gasteiger partial charge in [-0.05, 0) is 23.6 Å². The molecular weight excluding hydrogens is 307 g/mol. The van der Waals surface area contributed by atoms with Gasteiger partial charge in [0, 0.05) is 0 Å². The molecule has 0 radical (unpaired) electrons. The number of thiocarbonyl (C=S) groups is 1. The first-order valence-corrected chi connectivity index (χ1v) is 7.83. The average molecular weight is 316 g/mol. The smallest absolute Gasteiger partial charge is 0.271 e. The van der Waals surface area contributed by atoms with Gasteiger partial charge in [0.1, 0.15) is 15.0 Å². The molecule has 0 saturated heterocycles. The van der Waals surface area contributed by atoms with Crippen LogP contribution in [0.4, 0.5) is 10.1 Å². The average Bonchev–Trinajstić information content (AvgIpc) is 2.81. The molecule has 0 atom stereocenters. The molecule has 2 aromatic rings. The van der Waals surface area contributed by atoms with Crippen LogP contribution in [0.5, 0.6) is 0 Å². The van der Waals surface area contributed by atoms with Crippen molar-refractivity contribution in [1.82, 2.24) is 0 Å². The summed E-state index contributed by atoms with van der Waals surface area (Å²) in [5.41, 5.74) is 5.33. The molecule has 0 unspecified atom stereocenters. The Bertz CT molecular complexity index is 712. The topological polar surface area (TPSA) is 72.2 Å². The lowest BCUT2D eigenvalue weighted by atomic mass is 10.2. The second kappa shape index (κ2) is 5.24. The fourth-order valence-corrected chi connectivity index (χ4v) is 3.74. The quantitative estimate of drug-likeness (QED) is 0.849. The van der Waals surface area contributed by atoms with E-state index in [-0.39, 0.29) is 20.4 Å². The number of rotatable bonds is 4. The minimum absolute atomic E-state index is 0.0286. The molecule has 1 aromatic heterocycles. The summed E-state index contributed by atoms with van der Waals surface area (Å²) < 4.78 is 40.1. The standard InChI is InChI=1S/C11H9FN2O2S3/c12-7-3-1-4-8(10(7)11(13)17)14-19(15,16)9-5-2-6-18-9/h1-6,14H,(H2,13,17). The predicted molar refractivity (Wildman–Crippen MR) is 77.4 cm³/mol. The maximum Gasteiger partial charge on any atom is 0.271 e. The van der Waals surface area contributed by atoms with Crippen LogP contribution in [0.2, 0.25) is 0 Å². The number of sulfonamides is 1. The molecule has 1 heterocycles. The second-order valence-electron chi connectivity index (χ2n) is 3.56. The van der Waals surface area contributed by atoms with Crippen molar-refractivity contribution in [3.63, 3.8) is 0 Å². The molecule has 0 bridgehead atoms. The van der Waals surface area contributed by atoms with Gasteiger partial charge in [-0.15, -0.1) is 11.3 Å². The molecule has 3 N–H and O–H groups in total. The van der Waals surface area contributed by atoms with Gasteiger partial charge in [0.15, 0.2) is 0 Å². The number of anilines is 1. The summed E-state index contributed by atoms with van der Waals surface area (Å²) in [5.74, 6) is -0.668. The largest absolute Gasteiger partial charge is 0.389 e. The Kier molecular flexibility index (Phi) is 3.83. The van der Waals surface area contributed by atoms with E-state index < -0.39 is 15.8 Å². The van der Waals surface area contributed by atoms with Gasteiger partial charge in [-0.2, -0.15) is 0 Å². The molecular formula is C11H9FN2O2S3. The highest BCUT2D eigenvalue weighted by Gasteiger charge is 2.19. The van der Waals surface area contributed by atoms with Crippen molar-refractivity contribution in [2.24, 2.45) is 5.73 Å². The Labute approximate surface area is 119 Å². The third-order valence-electron chi connectivity index (χ3n) is 2.26. The highest BCUT2D eigenvalue weighted by Crippen LogP contribution is 2.24. The molecule has 0 aliphatic carbocycles. The third kappa shape index (κ3) is 2.91. The Hall–Kier alpha value is -1.51. The molecule has 100 valence electrons. The van der Waals surface area contributed by atoms with Crippen molar-refractivity contribution in [1.29, 1.82) is 0 Å². The third-order valence-corrected chi connectivity index (χ3v) is 5.23. The van der Waals surface area contributed by atoms with Gasteiger partial charge in [0.2, 0.25) is 0 Å². The number of nitrogens with two attached hydrogens (primary N) is 1. The zero-order valence-corrected chi connectivity index (χ0v) is 11.9. The van der Waals surface area contributed by atoms with E-state index >= 15 is 0 Å². The molecule has 1 aromatic carbocycles. The first-order chi connectivity index (χ1) is 8.92. The number of thiophene rings is 1. The number of benzene rings is 1. The fraction of sp³-hybridized carbons (Fsp3) is 0. The van der Waals surface area contributed by atoms with Gasteiger partial charge in [-0.3, -0.25) is 4.72 Å². The van der Waals surface area contributed by atoms with Crippen molar-refractivity contribution < 1.29 is 12.8 Å². The Morgan fingerprint density at radius 3 is 2.63 bits per heavy atom. The van der Waals surface area contributed by atoms with Crippen LogP contribution in [-0.2, 0) is 10.0 Å². The number of nitrogens with one attached hydrogen (secondary N) is 1. The van der Waals surface area contributed by atoms with Crippen LogP contribution in [0.25, 0.3) is 0 Å². The van der Waals surface area contributed by atoms with E-state index in [4.69, 9.17) is 18.0 Å². The van der Waals surface area contributed by atoms with E-state index in [0.717, 1.165) is 17.4 Å². The zero-order valence-electron chi connectivity index (χ0n) is 9.46. The summed E-state index contributed by atoms with van der Waals surface area (Å²) in [7, 11) is -3.76. The first kappa shape index (κ1) is 13.9. The van der Waals surface area contributed by atoms with E-state index in [1.165, 1.54) is 18.2 Å². The van der Waals surface area contributed by atoms with Crippen LogP contribution in [-0.4, -0.2) is 13.4 Å². The summed E-state index contributed by atoms with van der Waals surface area (Å²) in [5, 5.41) is 1.63. The monoisotopic (exact) mass is 316 g/mol. The molecule has 8 heteroatoms. The predicted octanol–water partition coefficient (Wildman–Crippen LogP) is 2.32. The molecule has 0 spiro atoms. The van der Waals surface area contributed by atoms with Crippen LogP contribution in [0, 0.1) is 5.82 Å². The van der Waals surface area contributed by atoms with Crippen molar-refractivity contribution in [2.45, 2.75) is 4.21 Å². The van der Waals surface area contributed by atoms with E-state index in [9.17, 15) is 12.8 Å². The fourth-order valence-electron chi connectivity index (χ4n) is 1.47. The van der Waals surface area contributed by atoms with E-state index in [1.807, 2.05) is 0 Å². The van der Waals surface area contributed by atoms with Gasteiger partial charge in [0.05, 0.1) is 11.3 Å². The van der Waals surface area contributed by atoms with E-state index in [1.54, 1.807) is 11.4 Å². The summed E-state index contributed by atoms with van der Waals surface area (Å²) in [6, 6.07) is 7.01. The van der Waals surface area contributed by atoms with Gasteiger partial charge < -0.3 is 5.73 Å². The highest BCUT2D eigenvalue weighted by atomic mass is 32.2. The summed E-state index contributed by atoms with van der Waals surface area (Å²) in [6.45, 7) is 0. The lowest BCUT2D eigenvalue weighted by molar-refractivity contribution is 0.603. The Morgan fingerprint density at radius 1 is 1.32 bits per heavy atom. The van der Waals surface area contributed by atoms with Crippen molar-refractivity contribution in [3.05, 3.63) is 47.1 Å². The summed E-state index contributed by atoms with van der Waals surface area (Å²) in [6.07, 6.45) is 0. The summed E-state index contributed by atoms with van der Waals surface area (Å²) >= 11 is 5.79. The maximum atomic E-state index is 13.6. The number of hydrogen-bond acceptors (Lipinski definition) is 4. The number of hydrogen-bond donors (Lipinski definition) is 2. The van der Waals surface area contributed by atoms with Crippen molar-refractivity contribution in [3.8, 4) is 0 Å². The minimum Gasteiger partial charge on any atom is -0.389 e. The van der Waals surface area contributed by atoms with Crippen LogP contribution in [0.15, 0.2) is 39.9 Å². The van der Waals surface area contributed by atoms with Gasteiger partial charge in [-0.25, -0.2) is 12.8 Å². The lowest BCUT2D eigenvalue weighted by Gasteiger charge is -2.11. The molecule has 2 rings (SSSR count). The van der Waals surface area contributed by atoms with E-state index in [2.05, 4.69) is 4.72 Å². The van der Waals surface area contributed by atoms with E-state index in [0.29, 0.717) is 0 Å². The van der Waals surface area contributed by atoms with Crippen LogP contribution in [0.1, 0.15) is 5.56 Å².